The minimum absolute atomic E-state index is 0.0832. The van der Waals surface area contributed by atoms with Crippen molar-refractivity contribution in [3.05, 3.63) is 54.6 Å². The molecule has 0 bridgehead atoms. The Kier molecular flexibility index (Phi) is 5.57. The maximum absolute atomic E-state index is 5.98. The predicted molar refractivity (Wildman–Crippen MR) is 104 cm³/mol. The van der Waals surface area contributed by atoms with Crippen LogP contribution in [0.3, 0.4) is 0 Å². The minimum Gasteiger partial charge on any atom is -0.486 e. The Hall–Kier alpha value is -2.24. The summed E-state index contributed by atoms with van der Waals surface area (Å²) in [5, 5.41) is 3.52. The van der Waals surface area contributed by atoms with E-state index in [-0.39, 0.29) is 6.10 Å². The van der Waals surface area contributed by atoms with Gasteiger partial charge in [0.15, 0.2) is 11.5 Å². The summed E-state index contributed by atoms with van der Waals surface area (Å²) in [7, 11) is 0. The first kappa shape index (κ1) is 17.2. The summed E-state index contributed by atoms with van der Waals surface area (Å²) in [5.41, 5.74) is 1.33. The van der Waals surface area contributed by atoms with E-state index in [1.165, 1.54) is 5.69 Å². The third kappa shape index (κ3) is 4.29. The van der Waals surface area contributed by atoms with Gasteiger partial charge in [0.2, 0.25) is 0 Å². The largest absolute Gasteiger partial charge is 0.486 e. The van der Waals surface area contributed by atoms with E-state index in [9.17, 15) is 0 Å². The summed E-state index contributed by atoms with van der Waals surface area (Å²) >= 11 is 0. The summed E-state index contributed by atoms with van der Waals surface area (Å²) in [6.45, 7) is 7.92. The zero-order chi connectivity index (χ0) is 17.6. The van der Waals surface area contributed by atoms with Crippen molar-refractivity contribution in [3.8, 4) is 11.5 Å². The number of fused-ring (bicyclic) bond motifs is 1. The van der Waals surface area contributed by atoms with Gasteiger partial charge in [0.05, 0.1) is 0 Å². The third-order valence-corrected chi connectivity index (χ3v) is 5.04. The number of nitrogens with one attached hydrogen (secondary N) is 1. The number of anilines is 1. The molecule has 0 saturated carbocycles. The first-order valence-corrected chi connectivity index (χ1v) is 9.50. The lowest BCUT2D eigenvalue weighted by atomic mass is 10.2. The van der Waals surface area contributed by atoms with Gasteiger partial charge in [0.25, 0.3) is 0 Å². The lowest BCUT2D eigenvalue weighted by Crippen LogP contribution is -2.48. The van der Waals surface area contributed by atoms with Gasteiger partial charge in [-0.05, 0) is 24.3 Å². The van der Waals surface area contributed by atoms with E-state index in [1.807, 2.05) is 24.3 Å². The Bertz CT molecular complexity index is 687. The predicted octanol–water partition coefficient (Wildman–Crippen LogP) is 2.24. The average Bonchev–Trinajstić information content (AvgIpc) is 2.72. The lowest BCUT2D eigenvalue weighted by Gasteiger charge is -2.36. The van der Waals surface area contributed by atoms with E-state index in [2.05, 4.69) is 45.4 Å². The maximum atomic E-state index is 5.98. The van der Waals surface area contributed by atoms with E-state index in [0.717, 1.165) is 57.3 Å². The highest BCUT2D eigenvalue weighted by Crippen LogP contribution is 2.30. The van der Waals surface area contributed by atoms with E-state index in [1.54, 1.807) is 0 Å². The molecule has 1 unspecified atom stereocenters. The fraction of sp³-hybridized carbons (Fsp3) is 0.429. The smallest absolute Gasteiger partial charge is 0.161 e. The highest BCUT2D eigenvalue weighted by atomic mass is 16.6. The Morgan fingerprint density at radius 3 is 2.42 bits per heavy atom. The molecule has 0 spiro atoms. The van der Waals surface area contributed by atoms with Crippen molar-refractivity contribution in [2.45, 2.75) is 6.10 Å². The van der Waals surface area contributed by atoms with E-state index >= 15 is 0 Å². The number of hydrogen-bond donors (Lipinski definition) is 1. The molecule has 26 heavy (non-hydrogen) atoms. The number of hydrogen-bond acceptors (Lipinski definition) is 5. The average molecular weight is 353 g/mol. The molecule has 138 valence electrons. The molecule has 0 aliphatic carbocycles. The molecule has 5 nitrogen and oxygen atoms in total. The summed E-state index contributed by atoms with van der Waals surface area (Å²) in [4.78, 5) is 4.99. The first-order valence-electron chi connectivity index (χ1n) is 9.50. The van der Waals surface area contributed by atoms with Gasteiger partial charge >= 0.3 is 0 Å². The third-order valence-electron chi connectivity index (χ3n) is 5.04. The lowest BCUT2D eigenvalue weighted by molar-refractivity contribution is 0.0898. The highest BCUT2D eigenvalue weighted by Gasteiger charge is 2.20. The molecule has 0 amide bonds. The number of ether oxygens (including phenoxy) is 2. The molecule has 2 heterocycles. The molecular formula is C21H27N3O2. The monoisotopic (exact) mass is 353 g/mol. The second-order valence-corrected chi connectivity index (χ2v) is 6.87. The van der Waals surface area contributed by atoms with Crippen LogP contribution >= 0.6 is 0 Å². The van der Waals surface area contributed by atoms with Crippen molar-refractivity contribution in [3.63, 3.8) is 0 Å². The number of benzene rings is 2. The number of piperazine rings is 1. The van der Waals surface area contributed by atoms with Crippen LogP contribution in [0, 0.1) is 0 Å². The Labute approximate surface area is 155 Å². The molecule has 0 aromatic heterocycles. The van der Waals surface area contributed by atoms with Crippen molar-refractivity contribution >= 4 is 5.69 Å². The topological polar surface area (TPSA) is 37.0 Å². The van der Waals surface area contributed by atoms with E-state index in [0.29, 0.717) is 6.61 Å². The molecule has 1 N–H and O–H groups in total. The molecule has 5 heteroatoms. The van der Waals surface area contributed by atoms with Gasteiger partial charge in [-0.15, -0.1) is 0 Å². The minimum atomic E-state index is 0.0832. The van der Waals surface area contributed by atoms with Crippen molar-refractivity contribution in [1.82, 2.24) is 10.2 Å². The SMILES string of the molecule is c1ccc(N2CCN(CCNCC3COc4ccccc4O3)CC2)cc1. The molecule has 1 fully saturated rings. The zero-order valence-corrected chi connectivity index (χ0v) is 15.1. The fourth-order valence-corrected chi connectivity index (χ4v) is 3.53. The molecule has 2 aromatic rings. The molecule has 0 radical (unpaired) electrons. The van der Waals surface area contributed by atoms with Gasteiger partial charge in [0.1, 0.15) is 12.7 Å². The molecule has 1 saturated heterocycles. The maximum Gasteiger partial charge on any atom is 0.161 e. The normalized spacial score (nSPS) is 20.2. The second-order valence-electron chi connectivity index (χ2n) is 6.87. The fourth-order valence-electron chi connectivity index (χ4n) is 3.53. The van der Waals surface area contributed by atoms with Gasteiger partial charge in [-0.3, -0.25) is 4.90 Å². The highest BCUT2D eigenvalue weighted by molar-refractivity contribution is 5.46. The van der Waals surface area contributed by atoms with Crippen LogP contribution in [0.15, 0.2) is 54.6 Å². The van der Waals surface area contributed by atoms with Crippen molar-refractivity contribution in [1.29, 1.82) is 0 Å². The first-order chi connectivity index (χ1) is 12.9. The second kappa shape index (κ2) is 8.43. The molecule has 2 aliphatic rings. The van der Waals surface area contributed by atoms with Crippen LogP contribution in [-0.4, -0.2) is 63.4 Å². The zero-order valence-electron chi connectivity index (χ0n) is 15.1. The molecular weight excluding hydrogens is 326 g/mol. The van der Waals surface area contributed by atoms with Crippen molar-refractivity contribution in [2.75, 3.05) is 57.3 Å². The molecule has 2 aliphatic heterocycles. The van der Waals surface area contributed by atoms with Gasteiger partial charge in [-0.2, -0.15) is 0 Å². The Morgan fingerprint density at radius 2 is 1.62 bits per heavy atom. The van der Waals surface area contributed by atoms with Crippen LogP contribution < -0.4 is 19.7 Å². The van der Waals surface area contributed by atoms with Crippen LogP contribution in [0.2, 0.25) is 0 Å². The van der Waals surface area contributed by atoms with Crippen molar-refractivity contribution < 1.29 is 9.47 Å². The standard InChI is InChI=1S/C21H27N3O2/c1-2-6-18(7-3-1)24-14-12-23(13-15-24)11-10-22-16-19-17-25-20-8-4-5-9-21(20)26-19/h1-9,19,22H,10-17H2. The molecule has 4 rings (SSSR count). The summed E-state index contributed by atoms with van der Waals surface area (Å²) in [6.07, 6.45) is 0.0832. The van der Waals surface area contributed by atoms with Crippen LogP contribution in [0.5, 0.6) is 11.5 Å². The molecule has 1 atom stereocenters. The number of para-hydroxylation sites is 3. The summed E-state index contributed by atoms with van der Waals surface area (Å²) < 4.78 is 11.7. The van der Waals surface area contributed by atoms with Crippen LogP contribution in [-0.2, 0) is 0 Å². The van der Waals surface area contributed by atoms with Crippen LogP contribution in [0.25, 0.3) is 0 Å². The summed E-state index contributed by atoms with van der Waals surface area (Å²) in [6, 6.07) is 18.6. The van der Waals surface area contributed by atoms with Crippen LogP contribution in [0.4, 0.5) is 5.69 Å². The molecule has 2 aromatic carbocycles. The van der Waals surface area contributed by atoms with Gasteiger partial charge in [0, 0.05) is 51.5 Å². The summed E-state index contributed by atoms with van der Waals surface area (Å²) in [5.74, 6) is 1.70. The van der Waals surface area contributed by atoms with E-state index < -0.39 is 0 Å². The van der Waals surface area contributed by atoms with Crippen molar-refractivity contribution in [2.24, 2.45) is 0 Å². The van der Waals surface area contributed by atoms with Crippen LogP contribution in [0.1, 0.15) is 0 Å². The van der Waals surface area contributed by atoms with Gasteiger partial charge in [-0.25, -0.2) is 0 Å². The Morgan fingerprint density at radius 1 is 0.885 bits per heavy atom. The Balaban J connectivity index is 1.13. The van der Waals surface area contributed by atoms with Gasteiger partial charge in [-0.1, -0.05) is 30.3 Å². The van der Waals surface area contributed by atoms with E-state index in [4.69, 9.17) is 9.47 Å². The number of nitrogens with zero attached hydrogens (tertiary/aromatic N) is 2. The van der Waals surface area contributed by atoms with Gasteiger partial charge < -0.3 is 19.7 Å². The quantitative estimate of drug-likeness (QED) is 0.806. The number of rotatable bonds is 6.